The number of hydrogen-bond acceptors (Lipinski definition) is 4. The second-order valence-electron chi connectivity index (χ2n) is 8.59. The summed E-state index contributed by atoms with van der Waals surface area (Å²) in [5.74, 6) is -0.501. The molecule has 0 saturated heterocycles. The Morgan fingerprint density at radius 3 is 2.03 bits per heavy atom. The van der Waals surface area contributed by atoms with Crippen molar-refractivity contribution in [3.63, 3.8) is 0 Å². The van der Waals surface area contributed by atoms with E-state index in [1.54, 1.807) is 31.2 Å². The van der Waals surface area contributed by atoms with Crippen LogP contribution in [0.3, 0.4) is 0 Å². The lowest BCUT2D eigenvalue weighted by Gasteiger charge is -2.05. The number of oxime groups is 1. The molecule has 0 aliphatic carbocycles. The van der Waals surface area contributed by atoms with Gasteiger partial charge in [0.1, 0.15) is 0 Å². The normalized spacial score (nSPS) is 11.7. The van der Waals surface area contributed by atoms with Gasteiger partial charge in [0.25, 0.3) is 0 Å². The predicted molar refractivity (Wildman–Crippen MR) is 139 cm³/mol. The van der Waals surface area contributed by atoms with Crippen LogP contribution in [0.4, 0.5) is 0 Å². The fourth-order valence-corrected chi connectivity index (χ4v) is 4.36. The number of ketones is 1. The van der Waals surface area contributed by atoms with E-state index in [1.807, 2.05) is 80.7 Å². The molecule has 1 aromatic heterocycles. The Labute approximate surface area is 203 Å². The molecule has 4 aromatic carbocycles. The number of nitrogens with zero attached hydrogens (tertiary/aromatic N) is 2. The molecule has 0 N–H and O–H groups in total. The highest BCUT2D eigenvalue weighted by molar-refractivity contribution is 6.16. The van der Waals surface area contributed by atoms with E-state index in [9.17, 15) is 9.59 Å². The van der Waals surface area contributed by atoms with Crippen LogP contribution in [0, 0.1) is 6.92 Å². The van der Waals surface area contributed by atoms with Crippen LogP contribution in [-0.4, -0.2) is 22.0 Å². The topological polar surface area (TPSA) is 60.7 Å². The van der Waals surface area contributed by atoms with E-state index in [-0.39, 0.29) is 5.78 Å². The van der Waals surface area contributed by atoms with Gasteiger partial charge >= 0.3 is 5.97 Å². The van der Waals surface area contributed by atoms with Crippen molar-refractivity contribution in [1.29, 1.82) is 0 Å². The third-order valence-corrected chi connectivity index (χ3v) is 6.35. The molecule has 0 spiro atoms. The van der Waals surface area contributed by atoms with Gasteiger partial charge in [-0.25, -0.2) is 4.79 Å². The minimum atomic E-state index is -0.504. The number of fused-ring (bicyclic) bond motifs is 3. The minimum Gasteiger partial charge on any atom is -0.344 e. The molecule has 35 heavy (non-hydrogen) atoms. The zero-order valence-corrected chi connectivity index (χ0v) is 19.8. The van der Waals surface area contributed by atoms with Crippen molar-refractivity contribution >= 4 is 39.3 Å². The fraction of sp³-hybridized carbons (Fsp3) is 0.100. The van der Waals surface area contributed by atoms with Crippen molar-refractivity contribution in [2.75, 3.05) is 0 Å². The number of carbonyl (C=O) groups excluding carboxylic acids is 2. The number of benzene rings is 4. The van der Waals surface area contributed by atoms with Gasteiger partial charge in [-0.3, -0.25) is 4.79 Å². The fourth-order valence-electron chi connectivity index (χ4n) is 4.36. The van der Waals surface area contributed by atoms with E-state index < -0.39 is 5.97 Å². The summed E-state index contributed by atoms with van der Waals surface area (Å²) < 4.78 is 2.11. The van der Waals surface area contributed by atoms with Gasteiger partial charge in [0.05, 0.1) is 11.3 Å². The van der Waals surface area contributed by atoms with E-state index >= 15 is 0 Å². The van der Waals surface area contributed by atoms with Crippen molar-refractivity contribution in [2.24, 2.45) is 12.2 Å². The summed E-state index contributed by atoms with van der Waals surface area (Å²) in [7, 11) is 2.01. The van der Waals surface area contributed by atoms with Gasteiger partial charge in [0.15, 0.2) is 5.78 Å². The molecule has 172 valence electrons. The largest absolute Gasteiger partial charge is 0.365 e. The van der Waals surface area contributed by atoms with Crippen LogP contribution in [-0.2, 0) is 11.9 Å². The lowest BCUT2D eigenvalue weighted by atomic mass is 9.97. The van der Waals surface area contributed by atoms with Gasteiger partial charge in [-0.15, -0.1) is 0 Å². The van der Waals surface area contributed by atoms with Crippen LogP contribution in [0.5, 0.6) is 0 Å². The molecule has 0 atom stereocenters. The molecule has 0 saturated carbocycles. The summed E-state index contributed by atoms with van der Waals surface area (Å²) in [5, 5.41) is 6.05. The van der Waals surface area contributed by atoms with Crippen LogP contribution >= 0.6 is 0 Å². The molecule has 5 aromatic rings. The van der Waals surface area contributed by atoms with Gasteiger partial charge < -0.3 is 9.40 Å². The lowest BCUT2D eigenvalue weighted by molar-refractivity contribution is 0.0516. The maximum absolute atomic E-state index is 13.2. The van der Waals surface area contributed by atoms with Gasteiger partial charge in [-0.1, -0.05) is 53.7 Å². The third kappa shape index (κ3) is 4.13. The van der Waals surface area contributed by atoms with Crippen LogP contribution in [0.1, 0.15) is 44.3 Å². The maximum atomic E-state index is 13.2. The van der Waals surface area contributed by atoms with Crippen molar-refractivity contribution in [2.45, 2.75) is 13.8 Å². The van der Waals surface area contributed by atoms with E-state index in [1.165, 1.54) is 0 Å². The summed E-state index contributed by atoms with van der Waals surface area (Å²) in [6.45, 7) is 3.75. The van der Waals surface area contributed by atoms with Crippen molar-refractivity contribution in [3.8, 4) is 0 Å². The lowest BCUT2D eigenvalue weighted by Crippen LogP contribution is -2.03. The first kappa shape index (κ1) is 22.3. The maximum Gasteiger partial charge on any atom is 0.365 e. The summed E-state index contributed by atoms with van der Waals surface area (Å²) in [4.78, 5) is 30.6. The molecule has 5 nitrogen and oxygen atoms in total. The second kappa shape index (κ2) is 9.03. The van der Waals surface area contributed by atoms with Crippen LogP contribution in [0.15, 0.2) is 96.2 Å². The molecule has 0 unspecified atom stereocenters. The second-order valence-corrected chi connectivity index (χ2v) is 8.59. The van der Waals surface area contributed by atoms with Crippen molar-refractivity contribution < 1.29 is 14.4 Å². The summed E-state index contributed by atoms with van der Waals surface area (Å²) >= 11 is 0. The Morgan fingerprint density at radius 2 is 1.34 bits per heavy atom. The van der Waals surface area contributed by atoms with Crippen molar-refractivity contribution in [1.82, 2.24) is 4.57 Å². The summed E-state index contributed by atoms with van der Waals surface area (Å²) in [6, 6.07) is 28.2. The van der Waals surface area contributed by atoms with Crippen LogP contribution in [0.2, 0.25) is 0 Å². The Hall–Kier alpha value is -4.51. The molecular weight excluding hydrogens is 436 g/mol. The minimum absolute atomic E-state index is 0.00345. The van der Waals surface area contributed by atoms with E-state index in [0.29, 0.717) is 22.4 Å². The first-order valence-corrected chi connectivity index (χ1v) is 11.4. The summed E-state index contributed by atoms with van der Waals surface area (Å²) in [6.07, 6.45) is 0. The highest BCUT2D eigenvalue weighted by Crippen LogP contribution is 2.31. The molecule has 0 aliphatic rings. The van der Waals surface area contributed by atoms with Gasteiger partial charge in [0.2, 0.25) is 0 Å². The van der Waals surface area contributed by atoms with Crippen LogP contribution in [0.25, 0.3) is 21.8 Å². The Morgan fingerprint density at radius 1 is 0.743 bits per heavy atom. The molecular formula is C30H24N2O3. The monoisotopic (exact) mass is 460 g/mol. The average Bonchev–Trinajstić information content (AvgIpc) is 3.18. The SMILES string of the molecule is C/C(=N\OC(=O)c1ccccc1)c1ccc2c(c1)c1cc(C(=O)c3ccccc3C)ccc1n2C. The van der Waals surface area contributed by atoms with Crippen LogP contribution < -0.4 is 0 Å². The first-order chi connectivity index (χ1) is 16.9. The standard InChI is InChI=1S/C30H24N2O3/c1-19-9-7-8-12-24(19)29(33)23-14-16-28-26(18-23)25-17-22(13-15-27(25)32(28)3)20(2)31-35-30(34)21-10-5-4-6-11-21/h4-18H,1-3H3/b31-20+. The molecule has 1 heterocycles. The Kier molecular flexibility index (Phi) is 5.75. The molecule has 0 fully saturated rings. The smallest absolute Gasteiger partial charge is 0.344 e. The van der Waals surface area contributed by atoms with Crippen molar-refractivity contribution in [3.05, 3.63) is 119 Å². The Bertz CT molecular complexity index is 1630. The van der Waals surface area contributed by atoms with Gasteiger partial charge in [0, 0.05) is 40.0 Å². The molecule has 0 aliphatic heterocycles. The molecule has 5 rings (SSSR count). The number of aryl methyl sites for hydroxylation is 2. The summed E-state index contributed by atoms with van der Waals surface area (Å²) in [5.41, 5.74) is 6.24. The highest BCUT2D eigenvalue weighted by atomic mass is 16.7. The zero-order chi connectivity index (χ0) is 24.5. The van der Waals surface area contributed by atoms with Gasteiger partial charge in [-0.2, -0.15) is 0 Å². The average molecular weight is 461 g/mol. The molecule has 5 heteroatoms. The molecule has 0 radical (unpaired) electrons. The zero-order valence-electron chi connectivity index (χ0n) is 19.8. The first-order valence-electron chi connectivity index (χ1n) is 11.4. The van der Waals surface area contributed by atoms with E-state index in [0.717, 1.165) is 32.9 Å². The predicted octanol–water partition coefficient (Wildman–Crippen LogP) is 6.45. The number of aromatic nitrogens is 1. The number of rotatable bonds is 5. The van der Waals surface area contributed by atoms with E-state index in [4.69, 9.17) is 4.84 Å². The van der Waals surface area contributed by atoms with Gasteiger partial charge in [-0.05, 0) is 67.4 Å². The quantitative estimate of drug-likeness (QED) is 0.131. The molecule has 0 amide bonds. The highest BCUT2D eigenvalue weighted by Gasteiger charge is 2.16. The number of hydrogen-bond donors (Lipinski definition) is 0. The Balaban J connectivity index is 1.52. The molecule has 0 bridgehead atoms. The van der Waals surface area contributed by atoms with E-state index in [2.05, 4.69) is 9.72 Å². The third-order valence-electron chi connectivity index (χ3n) is 6.35. The number of carbonyl (C=O) groups is 2.